The summed E-state index contributed by atoms with van der Waals surface area (Å²) in [6.07, 6.45) is 0. The zero-order valence-electron chi connectivity index (χ0n) is 12.8. The van der Waals surface area contributed by atoms with Crippen LogP contribution in [0, 0.1) is 0 Å². The standard InChI is InChI=1S/C15H16ClN3O2S2/c1-15(2,3)14-17-10-5-4-9(8-11(10)18-14)19-23(20,21)13-7-6-12(16)22-13/h4-8,19H,1-3H3,(H,17,18). The van der Waals surface area contributed by atoms with Gasteiger partial charge in [0.2, 0.25) is 0 Å². The van der Waals surface area contributed by atoms with Crippen LogP contribution in [0.25, 0.3) is 11.0 Å². The first-order valence-corrected chi connectivity index (χ1v) is 9.61. The van der Waals surface area contributed by atoms with Crippen molar-refractivity contribution in [2.75, 3.05) is 4.72 Å². The minimum absolute atomic E-state index is 0.105. The molecular formula is C15H16ClN3O2S2. The third-order valence-electron chi connectivity index (χ3n) is 3.26. The highest BCUT2D eigenvalue weighted by atomic mass is 35.5. The molecule has 2 aromatic heterocycles. The van der Waals surface area contributed by atoms with Crippen LogP contribution in [-0.2, 0) is 15.4 Å². The lowest BCUT2D eigenvalue weighted by Gasteiger charge is -2.13. The topological polar surface area (TPSA) is 74.8 Å². The molecule has 3 aromatic rings. The van der Waals surface area contributed by atoms with E-state index in [0.29, 0.717) is 10.0 Å². The van der Waals surface area contributed by atoms with Gasteiger partial charge in [-0.2, -0.15) is 0 Å². The maximum absolute atomic E-state index is 12.3. The summed E-state index contributed by atoms with van der Waals surface area (Å²) in [6, 6.07) is 8.28. The van der Waals surface area contributed by atoms with Crippen molar-refractivity contribution in [3.05, 3.63) is 40.5 Å². The van der Waals surface area contributed by atoms with Crippen molar-refractivity contribution in [2.24, 2.45) is 0 Å². The number of rotatable bonds is 3. The Bertz CT molecular complexity index is 968. The van der Waals surface area contributed by atoms with E-state index in [2.05, 4.69) is 35.5 Å². The van der Waals surface area contributed by atoms with Crippen LogP contribution < -0.4 is 4.72 Å². The SMILES string of the molecule is CC(C)(C)c1nc2ccc(NS(=O)(=O)c3ccc(Cl)s3)cc2[nH]1. The molecule has 5 nitrogen and oxygen atoms in total. The molecule has 0 unspecified atom stereocenters. The van der Waals surface area contributed by atoms with Gasteiger partial charge in [-0.15, -0.1) is 11.3 Å². The van der Waals surface area contributed by atoms with Gasteiger partial charge >= 0.3 is 0 Å². The highest BCUT2D eigenvalue weighted by Gasteiger charge is 2.20. The number of aromatic nitrogens is 2. The molecule has 0 bridgehead atoms. The molecule has 0 aliphatic heterocycles. The fraction of sp³-hybridized carbons (Fsp3) is 0.267. The summed E-state index contributed by atoms with van der Waals surface area (Å²) in [5.41, 5.74) is 1.97. The van der Waals surface area contributed by atoms with E-state index in [1.165, 1.54) is 6.07 Å². The number of imidazole rings is 1. The molecule has 0 saturated carbocycles. The number of aromatic amines is 1. The molecule has 0 fully saturated rings. The van der Waals surface area contributed by atoms with Gasteiger partial charge in [-0.05, 0) is 30.3 Å². The van der Waals surface area contributed by atoms with Gasteiger partial charge in [0, 0.05) is 5.41 Å². The number of H-pyrrole nitrogens is 1. The van der Waals surface area contributed by atoms with E-state index in [4.69, 9.17) is 11.6 Å². The Kier molecular flexibility index (Phi) is 3.90. The van der Waals surface area contributed by atoms with Crippen LogP contribution in [-0.4, -0.2) is 18.4 Å². The van der Waals surface area contributed by atoms with Crippen molar-refractivity contribution in [3.63, 3.8) is 0 Å². The van der Waals surface area contributed by atoms with Crippen LogP contribution in [0.3, 0.4) is 0 Å². The average molecular weight is 370 g/mol. The maximum Gasteiger partial charge on any atom is 0.271 e. The Balaban J connectivity index is 1.95. The van der Waals surface area contributed by atoms with Gasteiger partial charge in [-0.1, -0.05) is 32.4 Å². The molecule has 0 radical (unpaired) electrons. The number of hydrogen-bond donors (Lipinski definition) is 2. The normalized spacial score (nSPS) is 12.7. The molecule has 0 aliphatic rings. The monoisotopic (exact) mass is 369 g/mol. The number of nitrogens with zero attached hydrogens (tertiary/aromatic N) is 1. The maximum atomic E-state index is 12.3. The number of anilines is 1. The van der Waals surface area contributed by atoms with E-state index in [1.54, 1.807) is 24.3 Å². The van der Waals surface area contributed by atoms with E-state index < -0.39 is 10.0 Å². The summed E-state index contributed by atoms with van der Waals surface area (Å²) in [5.74, 6) is 0.859. The van der Waals surface area contributed by atoms with Crippen LogP contribution in [0.2, 0.25) is 4.34 Å². The molecule has 122 valence electrons. The first-order chi connectivity index (χ1) is 10.6. The van der Waals surface area contributed by atoms with Crippen molar-refractivity contribution in [3.8, 4) is 0 Å². The predicted molar refractivity (Wildman–Crippen MR) is 94.9 cm³/mol. The zero-order chi connectivity index (χ0) is 16.8. The fourth-order valence-electron chi connectivity index (χ4n) is 2.08. The van der Waals surface area contributed by atoms with Gasteiger partial charge in [0.25, 0.3) is 10.0 Å². The van der Waals surface area contributed by atoms with Gasteiger partial charge in [0.05, 0.1) is 21.1 Å². The zero-order valence-corrected chi connectivity index (χ0v) is 15.2. The molecule has 3 rings (SSSR count). The van der Waals surface area contributed by atoms with Crippen molar-refractivity contribution in [1.82, 2.24) is 9.97 Å². The molecular weight excluding hydrogens is 354 g/mol. The second kappa shape index (κ2) is 5.51. The van der Waals surface area contributed by atoms with Crippen LogP contribution in [0.5, 0.6) is 0 Å². The van der Waals surface area contributed by atoms with E-state index in [-0.39, 0.29) is 9.62 Å². The molecule has 0 saturated heterocycles. The third kappa shape index (κ3) is 3.36. The molecule has 23 heavy (non-hydrogen) atoms. The summed E-state index contributed by atoms with van der Waals surface area (Å²) in [6.45, 7) is 6.19. The van der Waals surface area contributed by atoms with E-state index in [0.717, 1.165) is 28.2 Å². The molecule has 0 atom stereocenters. The van der Waals surface area contributed by atoms with Crippen molar-refractivity contribution < 1.29 is 8.42 Å². The number of fused-ring (bicyclic) bond motifs is 1. The number of thiophene rings is 1. The lowest BCUT2D eigenvalue weighted by Crippen LogP contribution is -2.12. The van der Waals surface area contributed by atoms with E-state index in [1.807, 2.05) is 0 Å². The Labute approximate surface area is 143 Å². The predicted octanol–water partition coefficient (Wildman–Crippen LogP) is 4.38. The number of halogens is 1. The smallest absolute Gasteiger partial charge is 0.271 e. The quantitative estimate of drug-likeness (QED) is 0.719. The van der Waals surface area contributed by atoms with Crippen molar-refractivity contribution >= 4 is 49.7 Å². The van der Waals surface area contributed by atoms with Gasteiger partial charge in [-0.25, -0.2) is 13.4 Å². The summed E-state index contributed by atoms with van der Waals surface area (Å²) >= 11 is 6.83. The molecule has 2 N–H and O–H groups in total. The number of sulfonamides is 1. The Morgan fingerprint density at radius 1 is 1.22 bits per heavy atom. The Morgan fingerprint density at radius 2 is 1.96 bits per heavy atom. The second-order valence-corrected chi connectivity index (χ2v) is 9.86. The molecule has 0 amide bonds. The highest BCUT2D eigenvalue weighted by molar-refractivity contribution is 7.94. The lowest BCUT2D eigenvalue weighted by atomic mass is 9.96. The Morgan fingerprint density at radius 3 is 2.57 bits per heavy atom. The second-order valence-electron chi connectivity index (χ2n) is 6.23. The molecule has 0 spiro atoms. The highest BCUT2D eigenvalue weighted by Crippen LogP contribution is 2.28. The van der Waals surface area contributed by atoms with Gasteiger partial charge in [0.15, 0.2) is 0 Å². The fourth-order valence-corrected chi connectivity index (χ4v) is 4.61. The average Bonchev–Trinajstić information content (AvgIpc) is 3.03. The minimum Gasteiger partial charge on any atom is -0.341 e. The molecule has 8 heteroatoms. The first-order valence-electron chi connectivity index (χ1n) is 6.93. The van der Waals surface area contributed by atoms with Crippen molar-refractivity contribution in [2.45, 2.75) is 30.4 Å². The summed E-state index contributed by atoms with van der Waals surface area (Å²) in [5, 5.41) is 0. The number of nitrogens with one attached hydrogen (secondary N) is 2. The minimum atomic E-state index is -3.63. The van der Waals surface area contributed by atoms with Crippen molar-refractivity contribution in [1.29, 1.82) is 0 Å². The third-order valence-corrected chi connectivity index (χ3v) is 6.36. The van der Waals surface area contributed by atoms with Gasteiger partial charge < -0.3 is 4.98 Å². The largest absolute Gasteiger partial charge is 0.341 e. The van der Waals surface area contributed by atoms with Crippen LogP contribution >= 0.6 is 22.9 Å². The van der Waals surface area contributed by atoms with Crippen LogP contribution in [0.15, 0.2) is 34.5 Å². The van der Waals surface area contributed by atoms with Crippen LogP contribution in [0.1, 0.15) is 26.6 Å². The van der Waals surface area contributed by atoms with E-state index >= 15 is 0 Å². The molecule has 1 aromatic carbocycles. The van der Waals surface area contributed by atoms with Crippen LogP contribution in [0.4, 0.5) is 5.69 Å². The van der Waals surface area contributed by atoms with E-state index in [9.17, 15) is 8.42 Å². The Hall–Kier alpha value is -1.57. The number of hydrogen-bond acceptors (Lipinski definition) is 4. The lowest BCUT2D eigenvalue weighted by molar-refractivity contribution is 0.554. The summed E-state index contributed by atoms with van der Waals surface area (Å²) < 4.78 is 27.8. The first kappa shape index (κ1) is 16.3. The summed E-state index contributed by atoms with van der Waals surface area (Å²) in [7, 11) is -3.63. The van der Waals surface area contributed by atoms with Gasteiger partial charge in [-0.3, -0.25) is 4.72 Å². The molecule has 0 aliphatic carbocycles. The summed E-state index contributed by atoms with van der Waals surface area (Å²) in [4.78, 5) is 7.78. The molecule has 2 heterocycles. The number of benzene rings is 1. The van der Waals surface area contributed by atoms with Gasteiger partial charge in [0.1, 0.15) is 10.0 Å².